The summed E-state index contributed by atoms with van der Waals surface area (Å²) in [5.74, 6) is 1.13. The van der Waals surface area contributed by atoms with E-state index in [9.17, 15) is 0 Å². The molecule has 0 unspecified atom stereocenters. The highest BCUT2D eigenvalue weighted by molar-refractivity contribution is 6.31. The molecule has 2 heterocycles. The lowest BCUT2D eigenvalue weighted by atomic mass is 10.2. The fourth-order valence-corrected chi connectivity index (χ4v) is 3.11. The molecule has 27 heavy (non-hydrogen) atoms. The molecule has 0 fully saturated rings. The third kappa shape index (κ3) is 3.82. The summed E-state index contributed by atoms with van der Waals surface area (Å²) in [6.07, 6.45) is 1.74. The van der Waals surface area contributed by atoms with Crippen LogP contribution in [0.1, 0.15) is 5.56 Å². The van der Waals surface area contributed by atoms with Crippen molar-refractivity contribution in [3.05, 3.63) is 70.3 Å². The van der Waals surface area contributed by atoms with Crippen LogP contribution in [0.3, 0.4) is 0 Å². The van der Waals surface area contributed by atoms with Crippen molar-refractivity contribution in [1.82, 2.24) is 19.7 Å². The van der Waals surface area contributed by atoms with Crippen molar-refractivity contribution in [2.75, 3.05) is 10.6 Å². The maximum Gasteiger partial charge on any atom is 0.227 e. The predicted octanol–water partition coefficient (Wildman–Crippen LogP) is 5.03. The number of benzene rings is 2. The Morgan fingerprint density at radius 2 is 1.89 bits per heavy atom. The van der Waals surface area contributed by atoms with Crippen molar-refractivity contribution in [3.8, 4) is 0 Å². The van der Waals surface area contributed by atoms with Gasteiger partial charge in [0.1, 0.15) is 5.82 Å². The van der Waals surface area contributed by atoms with Crippen molar-refractivity contribution in [2.45, 2.75) is 6.54 Å². The Morgan fingerprint density at radius 3 is 2.70 bits per heavy atom. The van der Waals surface area contributed by atoms with Gasteiger partial charge in [-0.2, -0.15) is 15.1 Å². The van der Waals surface area contributed by atoms with Gasteiger partial charge in [0.05, 0.1) is 11.6 Å². The van der Waals surface area contributed by atoms with Crippen LogP contribution in [0.4, 0.5) is 17.5 Å². The number of nitrogens with one attached hydrogen (secondary N) is 2. The van der Waals surface area contributed by atoms with Crippen LogP contribution in [0, 0.1) is 0 Å². The number of rotatable bonds is 5. The lowest BCUT2D eigenvalue weighted by Gasteiger charge is -2.11. The molecule has 0 bridgehead atoms. The standard InChI is InChI=1S/C19H16Cl2N6/c1-27-18-15(11-23-27)17(24-14-7-4-6-13(20)9-14)25-19(26-18)22-10-12-5-2-3-8-16(12)21/h2-9,11H,10H2,1H3,(H2,22,24,25,26). The molecule has 4 aromatic rings. The number of hydrogen-bond acceptors (Lipinski definition) is 5. The maximum atomic E-state index is 6.23. The van der Waals surface area contributed by atoms with Crippen LogP contribution in [0.15, 0.2) is 54.7 Å². The second kappa shape index (κ2) is 7.42. The summed E-state index contributed by atoms with van der Waals surface area (Å²) < 4.78 is 1.71. The van der Waals surface area contributed by atoms with E-state index >= 15 is 0 Å². The minimum Gasteiger partial charge on any atom is -0.350 e. The average Bonchev–Trinajstić information content (AvgIpc) is 3.02. The highest BCUT2D eigenvalue weighted by Gasteiger charge is 2.12. The first kappa shape index (κ1) is 17.6. The van der Waals surface area contributed by atoms with E-state index in [2.05, 4.69) is 25.7 Å². The quantitative estimate of drug-likeness (QED) is 0.493. The molecule has 136 valence electrons. The summed E-state index contributed by atoms with van der Waals surface area (Å²) >= 11 is 12.3. The maximum absolute atomic E-state index is 6.23. The Morgan fingerprint density at radius 1 is 1.04 bits per heavy atom. The number of fused-ring (bicyclic) bond motifs is 1. The van der Waals surface area contributed by atoms with Gasteiger partial charge in [-0.05, 0) is 29.8 Å². The van der Waals surface area contributed by atoms with Gasteiger partial charge < -0.3 is 10.6 Å². The van der Waals surface area contributed by atoms with Crippen LogP contribution in [-0.2, 0) is 13.6 Å². The molecule has 6 nitrogen and oxygen atoms in total. The molecule has 0 aliphatic rings. The lowest BCUT2D eigenvalue weighted by molar-refractivity contribution is 0.785. The first-order valence-electron chi connectivity index (χ1n) is 8.30. The highest BCUT2D eigenvalue weighted by Crippen LogP contribution is 2.26. The molecule has 0 spiro atoms. The topological polar surface area (TPSA) is 67.7 Å². The van der Waals surface area contributed by atoms with Gasteiger partial charge >= 0.3 is 0 Å². The molecule has 2 aromatic carbocycles. The highest BCUT2D eigenvalue weighted by atomic mass is 35.5. The van der Waals surface area contributed by atoms with Crippen LogP contribution in [0.2, 0.25) is 10.0 Å². The van der Waals surface area contributed by atoms with Gasteiger partial charge in [0.15, 0.2) is 5.65 Å². The summed E-state index contributed by atoms with van der Waals surface area (Å²) in [6.45, 7) is 0.514. The first-order valence-corrected chi connectivity index (χ1v) is 9.05. The van der Waals surface area contributed by atoms with Crippen LogP contribution in [-0.4, -0.2) is 19.7 Å². The third-order valence-corrected chi connectivity index (χ3v) is 4.68. The van der Waals surface area contributed by atoms with Gasteiger partial charge in [0.2, 0.25) is 5.95 Å². The van der Waals surface area contributed by atoms with E-state index in [-0.39, 0.29) is 0 Å². The number of hydrogen-bond donors (Lipinski definition) is 2. The Kier molecular flexibility index (Phi) is 4.83. The molecule has 0 atom stereocenters. The monoisotopic (exact) mass is 398 g/mol. The molecule has 8 heteroatoms. The summed E-state index contributed by atoms with van der Waals surface area (Å²) in [5.41, 5.74) is 2.52. The number of halogens is 2. The molecular weight excluding hydrogens is 383 g/mol. The molecular formula is C19H16Cl2N6. The van der Waals surface area contributed by atoms with Crippen molar-refractivity contribution in [2.24, 2.45) is 7.05 Å². The second-order valence-corrected chi connectivity index (χ2v) is 6.83. The van der Waals surface area contributed by atoms with E-state index in [1.165, 1.54) is 0 Å². The predicted molar refractivity (Wildman–Crippen MR) is 110 cm³/mol. The van der Waals surface area contributed by atoms with E-state index < -0.39 is 0 Å². The summed E-state index contributed by atoms with van der Waals surface area (Å²) in [7, 11) is 1.84. The largest absolute Gasteiger partial charge is 0.350 e. The van der Waals surface area contributed by atoms with Crippen LogP contribution in [0.5, 0.6) is 0 Å². The smallest absolute Gasteiger partial charge is 0.227 e. The molecule has 2 N–H and O–H groups in total. The first-order chi connectivity index (χ1) is 13.1. The minimum absolute atomic E-state index is 0.482. The number of anilines is 3. The third-order valence-electron chi connectivity index (χ3n) is 4.07. The van der Waals surface area contributed by atoms with Crippen molar-refractivity contribution in [3.63, 3.8) is 0 Å². The zero-order valence-corrected chi connectivity index (χ0v) is 16.0. The minimum atomic E-state index is 0.482. The molecule has 0 aliphatic heterocycles. The van der Waals surface area contributed by atoms with Crippen LogP contribution < -0.4 is 10.6 Å². The molecule has 0 aliphatic carbocycles. The van der Waals surface area contributed by atoms with Gasteiger partial charge in [-0.15, -0.1) is 0 Å². The SMILES string of the molecule is Cn1ncc2c(Nc3cccc(Cl)c3)nc(NCc3ccccc3Cl)nc21. The number of aromatic nitrogens is 4. The zero-order valence-electron chi connectivity index (χ0n) is 14.4. The van der Waals surface area contributed by atoms with Gasteiger partial charge in [-0.1, -0.05) is 47.5 Å². The fraction of sp³-hybridized carbons (Fsp3) is 0.105. The number of nitrogens with zero attached hydrogens (tertiary/aromatic N) is 4. The molecule has 0 radical (unpaired) electrons. The number of aryl methyl sites for hydroxylation is 1. The van der Waals surface area contributed by atoms with Crippen LogP contribution in [0.25, 0.3) is 11.0 Å². The van der Waals surface area contributed by atoms with E-state index in [4.69, 9.17) is 23.2 Å². The Hall–Kier alpha value is -2.83. The zero-order chi connectivity index (χ0) is 18.8. The molecule has 4 rings (SSSR count). The molecule has 0 amide bonds. The van der Waals surface area contributed by atoms with E-state index in [0.29, 0.717) is 28.4 Å². The molecule has 0 saturated heterocycles. The van der Waals surface area contributed by atoms with Crippen molar-refractivity contribution < 1.29 is 0 Å². The summed E-state index contributed by atoms with van der Waals surface area (Å²) in [4.78, 5) is 9.18. The van der Waals surface area contributed by atoms with Gasteiger partial charge in [-0.3, -0.25) is 4.68 Å². The summed E-state index contributed by atoms with van der Waals surface area (Å²) in [6, 6.07) is 15.1. The second-order valence-electron chi connectivity index (χ2n) is 5.98. The van der Waals surface area contributed by atoms with Crippen molar-refractivity contribution >= 4 is 51.7 Å². The van der Waals surface area contributed by atoms with Gasteiger partial charge in [0.25, 0.3) is 0 Å². The Labute approximate surface area is 166 Å². The van der Waals surface area contributed by atoms with E-state index in [0.717, 1.165) is 22.3 Å². The average molecular weight is 399 g/mol. The lowest BCUT2D eigenvalue weighted by Crippen LogP contribution is -2.07. The van der Waals surface area contributed by atoms with Gasteiger partial charge in [-0.25, -0.2) is 0 Å². The normalized spacial score (nSPS) is 10.9. The van der Waals surface area contributed by atoms with Gasteiger partial charge in [0, 0.05) is 29.3 Å². The molecule has 2 aromatic heterocycles. The Bertz CT molecular complexity index is 1110. The molecule has 0 saturated carbocycles. The summed E-state index contributed by atoms with van der Waals surface area (Å²) in [5, 5.41) is 13.0. The fourth-order valence-electron chi connectivity index (χ4n) is 2.72. The van der Waals surface area contributed by atoms with Crippen molar-refractivity contribution in [1.29, 1.82) is 0 Å². The van der Waals surface area contributed by atoms with E-state index in [1.54, 1.807) is 10.9 Å². The van der Waals surface area contributed by atoms with Crippen LogP contribution >= 0.6 is 23.2 Å². The Balaban J connectivity index is 1.67. The van der Waals surface area contributed by atoms with E-state index in [1.807, 2.05) is 55.6 Å².